The summed E-state index contributed by atoms with van der Waals surface area (Å²) in [4.78, 5) is 26.3. The third kappa shape index (κ3) is 3.14. The van der Waals surface area contributed by atoms with E-state index in [-0.39, 0.29) is 18.2 Å². The molecule has 0 unspecified atom stereocenters. The predicted molar refractivity (Wildman–Crippen MR) is 96.3 cm³/mol. The van der Waals surface area contributed by atoms with Gasteiger partial charge in [0.1, 0.15) is 11.8 Å². The molecule has 1 fully saturated rings. The molecule has 0 bridgehead atoms. The number of anilines is 2. The quantitative estimate of drug-likeness (QED) is 0.795. The van der Waals surface area contributed by atoms with Crippen molar-refractivity contribution in [1.29, 1.82) is 0 Å². The van der Waals surface area contributed by atoms with Gasteiger partial charge in [-0.25, -0.2) is 4.90 Å². The van der Waals surface area contributed by atoms with Crippen molar-refractivity contribution in [2.75, 3.05) is 16.8 Å². The first-order valence-corrected chi connectivity index (χ1v) is 8.50. The third-order valence-electron chi connectivity index (χ3n) is 3.76. The molecule has 24 heavy (non-hydrogen) atoms. The van der Waals surface area contributed by atoms with Crippen molar-refractivity contribution in [2.24, 2.45) is 0 Å². The fourth-order valence-electron chi connectivity index (χ4n) is 2.69. The first kappa shape index (κ1) is 16.5. The number of hydrogen-bond donors (Lipinski definition) is 1. The lowest BCUT2D eigenvalue weighted by Gasteiger charge is -2.18. The second-order valence-corrected chi connectivity index (χ2v) is 6.20. The smallest absolute Gasteiger partial charge is 0.256 e. The molecule has 1 N–H and O–H groups in total. The minimum Gasteiger partial charge on any atom is -0.492 e. The van der Waals surface area contributed by atoms with Crippen molar-refractivity contribution >= 4 is 39.1 Å². The van der Waals surface area contributed by atoms with Crippen LogP contribution in [0.5, 0.6) is 5.75 Å². The van der Waals surface area contributed by atoms with Crippen LogP contribution in [0, 0.1) is 0 Å². The van der Waals surface area contributed by atoms with E-state index in [2.05, 4.69) is 21.2 Å². The highest BCUT2D eigenvalue weighted by molar-refractivity contribution is 9.10. The molecule has 2 aromatic rings. The number of ether oxygens (including phenoxy) is 1. The van der Waals surface area contributed by atoms with E-state index in [1.165, 1.54) is 4.90 Å². The number of hydrogen-bond acceptors (Lipinski definition) is 4. The van der Waals surface area contributed by atoms with Crippen molar-refractivity contribution in [3.05, 3.63) is 53.0 Å². The van der Waals surface area contributed by atoms with Gasteiger partial charge in [0.05, 0.1) is 24.4 Å². The maximum atomic E-state index is 12.7. The Balaban J connectivity index is 1.84. The minimum absolute atomic E-state index is 0.112. The fourth-order valence-corrected chi connectivity index (χ4v) is 3.15. The number of nitrogens with zero attached hydrogens (tertiary/aromatic N) is 1. The summed E-state index contributed by atoms with van der Waals surface area (Å²) in [5, 5.41) is 3.14. The second-order valence-electron chi connectivity index (χ2n) is 5.35. The SMILES string of the molecule is CCOc1ccccc1N[C@H]1CC(=O)N(c2ccccc2Br)C1=O. The maximum absolute atomic E-state index is 12.7. The summed E-state index contributed by atoms with van der Waals surface area (Å²) in [6.07, 6.45) is 0.112. The van der Waals surface area contributed by atoms with E-state index in [4.69, 9.17) is 4.74 Å². The van der Waals surface area contributed by atoms with Gasteiger partial charge in [-0.2, -0.15) is 0 Å². The highest BCUT2D eigenvalue weighted by Crippen LogP contribution is 2.32. The Morgan fingerprint density at radius 2 is 1.88 bits per heavy atom. The summed E-state index contributed by atoms with van der Waals surface area (Å²) in [5.41, 5.74) is 1.27. The van der Waals surface area contributed by atoms with Gasteiger partial charge in [0.15, 0.2) is 0 Å². The molecule has 3 rings (SSSR count). The first-order chi connectivity index (χ1) is 11.6. The molecule has 0 spiro atoms. The summed E-state index contributed by atoms with van der Waals surface area (Å²) in [7, 11) is 0. The topological polar surface area (TPSA) is 58.6 Å². The maximum Gasteiger partial charge on any atom is 0.256 e. The van der Waals surface area contributed by atoms with Gasteiger partial charge in [0, 0.05) is 4.47 Å². The summed E-state index contributed by atoms with van der Waals surface area (Å²) in [5.74, 6) is 0.177. The Morgan fingerprint density at radius 1 is 1.17 bits per heavy atom. The molecule has 1 aliphatic rings. The van der Waals surface area contributed by atoms with E-state index in [1.807, 2.05) is 37.3 Å². The van der Waals surface area contributed by atoms with Crippen molar-refractivity contribution in [1.82, 2.24) is 0 Å². The van der Waals surface area contributed by atoms with Crippen molar-refractivity contribution in [3.63, 3.8) is 0 Å². The zero-order valence-corrected chi connectivity index (χ0v) is 14.7. The van der Waals surface area contributed by atoms with E-state index < -0.39 is 6.04 Å². The van der Waals surface area contributed by atoms with Crippen molar-refractivity contribution in [2.45, 2.75) is 19.4 Å². The van der Waals surface area contributed by atoms with Crippen LogP contribution in [0.25, 0.3) is 0 Å². The summed E-state index contributed by atoms with van der Waals surface area (Å²) in [6, 6.07) is 14.0. The van der Waals surface area contributed by atoms with Crippen LogP contribution in [0.1, 0.15) is 13.3 Å². The molecular formula is C18H17BrN2O3. The lowest BCUT2D eigenvalue weighted by Crippen LogP contribution is -2.35. The van der Waals surface area contributed by atoms with Gasteiger partial charge < -0.3 is 10.1 Å². The Bertz CT molecular complexity index is 778. The Morgan fingerprint density at radius 3 is 2.62 bits per heavy atom. The number of para-hydroxylation sites is 3. The second kappa shape index (κ2) is 7.05. The molecule has 5 nitrogen and oxygen atoms in total. The van der Waals surface area contributed by atoms with E-state index >= 15 is 0 Å². The van der Waals surface area contributed by atoms with Crippen LogP contribution in [0.3, 0.4) is 0 Å². The van der Waals surface area contributed by atoms with Gasteiger partial charge in [-0.15, -0.1) is 0 Å². The Hall–Kier alpha value is -2.34. The Kier molecular flexibility index (Phi) is 4.85. The number of benzene rings is 2. The van der Waals surface area contributed by atoms with E-state index in [9.17, 15) is 9.59 Å². The lowest BCUT2D eigenvalue weighted by molar-refractivity contribution is -0.121. The van der Waals surface area contributed by atoms with Crippen LogP contribution in [0.15, 0.2) is 53.0 Å². The average Bonchev–Trinajstić information content (AvgIpc) is 2.84. The number of imide groups is 1. The molecular weight excluding hydrogens is 372 g/mol. The standard InChI is InChI=1S/C18H17BrN2O3/c1-2-24-16-10-6-4-8-13(16)20-14-11-17(22)21(18(14)23)15-9-5-3-7-12(15)19/h3-10,14,20H,2,11H2,1H3/t14-/m0/s1. The normalized spacial score (nSPS) is 17.2. The van der Waals surface area contributed by atoms with Crippen LogP contribution in [-0.2, 0) is 9.59 Å². The van der Waals surface area contributed by atoms with Crippen LogP contribution >= 0.6 is 15.9 Å². The molecule has 0 aromatic heterocycles. The number of carbonyl (C=O) groups is 2. The fraction of sp³-hybridized carbons (Fsp3) is 0.222. The van der Waals surface area contributed by atoms with Crippen molar-refractivity contribution in [3.8, 4) is 5.75 Å². The number of carbonyl (C=O) groups excluding carboxylic acids is 2. The lowest BCUT2D eigenvalue weighted by atomic mass is 10.2. The summed E-state index contributed by atoms with van der Waals surface area (Å²) >= 11 is 3.39. The van der Waals surface area contributed by atoms with Gasteiger partial charge in [-0.05, 0) is 47.1 Å². The summed E-state index contributed by atoms with van der Waals surface area (Å²) < 4.78 is 6.27. The predicted octanol–water partition coefficient (Wildman–Crippen LogP) is 3.59. The van der Waals surface area contributed by atoms with E-state index in [1.54, 1.807) is 18.2 Å². The van der Waals surface area contributed by atoms with Crippen LogP contribution < -0.4 is 15.0 Å². The molecule has 2 aromatic carbocycles. The molecule has 2 amide bonds. The highest BCUT2D eigenvalue weighted by Gasteiger charge is 2.40. The zero-order chi connectivity index (χ0) is 17.1. The van der Waals surface area contributed by atoms with Crippen LogP contribution in [0.4, 0.5) is 11.4 Å². The molecule has 0 aliphatic carbocycles. The molecule has 1 heterocycles. The van der Waals surface area contributed by atoms with Gasteiger partial charge in [-0.3, -0.25) is 9.59 Å². The molecule has 1 aliphatic heterocycles. The number of nitrogens with one attached hydrogen (secondary N) is 1. The molecule has 1 atom stereocenters. The molecule has 0 radical (unpaired) electrons. The van der Waals surface area contributed by atoms with Crippen LogP contribution in [-0.4, -0.2) is 24.5 Å². The third-order valence-corrected chi connectivity index (χ3v) is 4.43. The molecule has 0 saturated carbocycles. The number of halogens is 1. The summed E-state index contributed by atoms with van der Waals surface area (Å²) in [6.45, 7) is 2.43. The molecule has 6 heteroatoms. The minimum atomic E-state index is -0.605. The van der Waals surface area contributed by atoms with Gasteiger partial charge in [0.25, 0.3) is 5.91 Å². The molecule has 124 valence electrons. The highest BCUT2D eigenvalue weighted by atomic mass is 79.9. The van der Waals surface area contributed by atoms with E-state index in [0.29, 0.717) is 28.2 Å². The van der Waals surface area contributed by atoms with E-state index in [0.717, 1.165) is 0 Å². The van der Waals surface area contributed by atoms with Gasteiger partial charge >= 0.3 is 0 Å². The number of amides is 2. The average molecular weight is 389 g/mol. The monoisotopic (exact) mass is 388 g/mol. The van der Waals surface area contributed by atoms with Crippen molar-refractivity contribution < 1.29 is 14.3 Å². The first-order valence-electron chi connectivity index (χ1n) is 7.71. The van der Waals surface area contributed by atoms with Gasteiger partial charge in [0.2, 0.25) is 5.91 Å². The zero-order valence-electron chi connectivity index (χ0n) is 13.2. The number of rotatable bonds is 5. The van der Waals surface area contributed by atoms with Crippen LogP contribution in [0.2, 0.25) is 0 Å². The Labute approximate surface area is 148 Å². The van der Waals surface area contributed by atoms with Gasteiger partial charge in [-0.1, -0.05) is 24.3 Å². The largest absolute Gasteiger partial charge is 0.492 e. The molecule has 1 saturated heterocycles.